The van der Waals surface area contributed by atoms with E-state index in [1.807, 2.05) is 24.3 Å². The molecule has 2 heterocycles. The molecule has 0 saturated carbocycles. The summed E-state index contributed by atoms with van der Waals surface area (Å²) in [4.78, 5) is 16.1. The molecule has 0 bridgehead atoms. The van der Waals surface area contributed by atoms with Crippen molar-refractivity contribution in [3.63, 3.8) is 0 Å². The van der Waals surface area contributed by atoms with Crippen molar-refractivity contribution >= 4 is 29.7 Å². The molecule has 1 aliphatic rings. The molecule has 1 aromatic heterocycles. The SMILES string of the molecule is Cl.NCc1nc(C(=O)NCC2COc3ccccc3O2)cs1. The second kappa shape index (κ2) is 7.44. The summed E-state index contributed by atoms with van der Waals surface area (Å²) in [5.74, 6) is 1.20. The van der Waals surface area contributed by atoms with Gasteiger partial charge in [-0.2, -0.15) is 0 Å². The molecule has 3 N–H and O–H groups in total. The molecular formula is C14H16ClN3O3S. The average Bonchev–Trinajstić information content (AvgIpc) is 3.01. The van der Waals surface area contributed by atoms with Gasteiger partial charge in [0.1, 0.15) is 23.4 Å². The van der Waals surface area contributed by atoms with Crippen molar-refractivity contribution < 1.29 is 14.3 Å². The van der Waals surface area contributed by atoms with Gasteiger partial charge in [-0.1, -0.05) is 12.1 Å². The zero-order valence-electron chi connectivity index (χ0n) is 11.7. The molecule has 1 unspecified atom stereocenters. The van der Waals surface area contributed by atoms with Crippen LogP contribution in [0.15, 0.2) is 29.6 Å². The molecule has 0 saturated heterocycles. The normalized spacial score (nSPS) is 15.8. The molecule has 0 aliphatic carbocycles. The van der Waals surface area contributed by atoms with Gasteiger partial charge in [0, 0.05) is 11.9 Å². The van der Waals surface area contributed by atoms with E-state index in [2.05, 4.69) is 10.3 Å². The fourth-order valence-electron chi connectivity index (χ4n) is 1.97. The molecule has 1 aromatic carbocycles. The number of benzene rings is 1. The third-order valence-corrected chi connectivity index (χ3v) is 3.89. The van der Waals surface area contributed by atoms with Gasteiger partial charge >= 0.3 is 0 Å². The minimum atomic E-state index is -0.228. The van der Waals surface area contributed by atoms with E-state index >= 15 is 0 Å². The van der Waals surface area contributed by atoms with E-state index < -0.39 is 0 Å². The van der Waals surface area contributed by atoms with Crippen LogP contribution in [0.1, 0.15) is 15.5 Å². The lowest BCUT2D eigenvalue weighted by Crippen LogP contribution is -2.40. The van der Waals surface area contributed by atoms with Crippen molar-refractivity contribution in [2.75, 3.05) is 13.2 Å². The molecule has 2 aromatic rings. The third-order valence-electron chi connectivity index (χ3n) is 3.02. The van der Waals surface area contributed by atoms with Crippen molar-refractivity contribution in [3.8, 4) is 11.5 Å². The average molecular weight is 342 g/mol. The highest BCUT2D eigenvalue weighted by atomic mass is 35.5. The van der Waals surface area contributed by atoms with Crippen LogP contribution >= 0.6 is 23.7 Å². The zero-order valence-corrected chi connectivity index (χ0v) is 13.3. The Bertz CT molecular complexity index is 650. The number of ether oxygens (including phenoxy) is 2. The number of hydrogen-bond acceptors (Lipinski definition) is 6. The van der Waals surface area contributed by atoms with Gasteiger partial charge in [0.05, 0.1) is 6.54 Å². The topological polar surface area (TPSA) is 86.5 Å². The molecule has 8 heteroatoms. The number of nitrogens with zero attached hydrogens (tertiary/aromatic N) is 1. The quantitative estimate of drug-likeness (QED) is 0.882. The van der Waals surface area contributed by atoms with Crippen LogP contribution in [0, 0.1) is 0 Å². The first-order valence-corrected chi connectivity index (χ1v) is 7.45. The van der Waals surface area contributed by atoms with Crippen LogP contribution in [-0.2, 0) is 6.54 Å². The minimum Gasteiger partial charge on any atom is -0.486 e. The summed E-state index contributed by atoms with van der Waals surface area (Å²) < 4.78 is 11.4. The molecule has 1 amide bonds. The second-order valence-corrected chi connectivity index (χ2v) is 5.48. The summed E-state index contributed by atoms with van der Waals surface area (Å²) in [5.41, 5.74) is 5.87. The Hall–Kier alpha value is -1.83. The first-order chi connectivity index (χ1) is 10.3. The van der Waals surface area contributed by atoms with Crippen LogP contribution in [0.3, 0.4) is 0 Å². The summed E-state index contributed by atoms with van der Waals surface area (Å²) in [6.07, 6.45) is -0.212. The number of para-hydroxylation sites is 2. The van der Waals surface area contributed by atoms with Crippen molar-refractivity contribution in [2.24, 2.45) is 5.73 Å². The van der Waals surface area contributed by atoms with E-state index in [1.54, 1.807) is 5.38 Å². The monoisotopic (exact) mass is 341 g/mol. The van der Waals surface area contributed by atoms with E-state index in [-0.39, 0.29) is 24.4 Å². The number of carbonyl (C=O) groups excluding carboxylic acids is 1. The van der Waals surface area contributed by atoms with Gasteiger partial charge in [0.2, 0.25) is 0 Å². The van der Waals surface area contributed by atoms with Crippen LogP contribution in [-0.4, -0.2) is 30.1 Å². The lowest BCUT2D eigenvalue weighted by Gasteiger charge is -2.26. The van der Waals surface area contributed by atoms with Crippen LogP contribution in [0.25, 0.3) is 0 Å². The maximum Gasteiger partial charge on any atom is 0.270 e. The van der Waals surface area contributed by atoms with E-state index in [0.29, 0.717) is 31.1 Å². The predicted octanol–water partition coefficient (Wildman–Crippen LogP) is 1.59. The summed E-state index contributed by atoms with van der Waals surface area (Å²) in [6, 6.07) is 7.47. The first kappa shape index (κ1) is 16.5. The second-order valence-electron chi connectivity index (χ2n) is 4.54. The maximum absolute atomic E-state index is 12.0. The number of amides is 1. The molecular weight excluding hydrogens is 326 g/mol. The van der Waals surface area contributed by atoms with Gasteiger partial charge in [0.25, 0.3) is 5.91 Å². The van der Waals surface area contributed by atoms with Gasteiger partial charge in [0.15, 0.2) is 11.5 Å². The Morgan fingerprint density at radius 2 is 2.18 bits per heavy atom. The molecule has 0 radical (unpaired) electrons. The number of nitrogens with two attached hydrogens (primary N) is 1. The third kappa shape index (κ3) is 3.68. The van der Waals surface area contributed by atoms with E-state index in [0.717, 1.165) is 10.8 Å². The van der Waals surface area contributed by atoms with Crippen LogP contribution in [0.5, 0.6) is 11.5 Å². The lowest BCUT2D eigenvalue weighted by molar-refractivity contribution is 0.0786. The number of rotatable bonds is 4. The minimum absolute atomic E-state index is 0. The van der Waals surface area contributed by atoms with Crippen molar-refractivity contribution in [1.29, 1.82) is 0 Å². The highest BCUT2D eigenvalue weighted by Gasteiger charge is 2.21. The Morgan fingerprint density at radius 3 is 2.91 bits per heavy atom. The number of thiazole rings is 1. The van der Waals surface area contributed by atoms with Gasteiger partial charge in [-0.05, 0) is 12.1 Å². The molecule has 6 nitrogen and oxygen atoms in total. The van der Waals surface area contributed by atoms with Gasteiger partial charge in [-0.15, -0.1) is 23.7 Å². The smallest absolute Gasteiger partial charge is 0.270 e. The predicted molar refractivity (Wildman–Crippen MR) is 85.9 cm³/mol. The largest absolute Gasteiger partial charge is 0.486 e. The fourth-order valence-corrected chi connectivity index (χ4v) is 2.62. The molecule has 22 heavy (non-hydrogen) atoms. The molecule has 1 aliphatic heterocycles. The number of nitrogens with one attached hydrogen (secondary N) is 1. The van der Waals surface area contributed by atoms with Crippen molar-refractivity contribution in [2.45, 2.75) is 12.6 Å². The number of carbonyl (C=O) groups is 1. The lowest BCUT2D eigenvalue weighted by atomic mass is 10.2. The highest BCUT2D eigenvalue weighted by Crippen LogP contribution is 2.30. The molecule has 118 valence electrons. The first-order valence-electron chi connectivity index (χ1n) is 6.57. The Balaban J connectivity index is 0.00000176. The number of fused-ring (bicyclic) bond motifs is 1. The fraction of sp³-hybridized carbons (Fsp3) is 0.286. The zero-order chi connectivity index (χ0) is 14.7. The van der Waals surface area contributed by atoms with Crippen molar-refractivity contribution in [1.82, 2.24) is 10.3 Å². The summed E-state index contributed by atoms with van der Waals surface area (Å²) >= 11 is 1.38. The Kier molecular flexibility index (Phi) is 5.59. The molecule has 1 atom stereocenters. The van der Waals surface area contributed by atoms with Gasteiger partial charge in [-0.25, -0.2) is 4.98 Å². The Labute approximate surface area is 138 Å². The summed E-state index contributed by atoms with van der Waals surface area (Å²) in [6.45, 7) is 1.11. The number of aromatic nitrogens is 1. The summed E-state index contributed by atoms with van der Waals surface area (Å²) in [5, 5.41) is 5.24. The highest BCUT2D eigenvalue weighted by molar-refractivity contribution is 7.09. The summed E-state index contributed by atoms with van der Waals surface area (Å²) in [7, 11) is 0. The Morgan fingerprint density at radius 1 is 1.41 bits per heavy atom. The number of hydrogen-bond donors (Lipinski definition) is 2. The molecule has 0 spiro atoms. The van der Waals surface area contributed by atoms with Gasteiger partial charge < -0.3 is 20.5 Å². The molecule has 3 rings (SSSR count). The standard InChI is InChI=1S/C14H15N3O3S.ClH/c15-5-13-17-10(8-21-13)14(18)16-6-9-7-19-11-3-1-2-4-12(11)20-9;/h1-4,8-9H,5-7,15H2,(H,16,18);1H. The maximum atomic E-state index is 12.0. The van der Waals surface area contributed by atoms with Crippen LogP contribution in [0.4, 0.5) is 0 Å². The van der Waals surface area contributed by atoms with Crippen LogP contribution in [0.2, 0.25) is 0 Å². The molecule has 0 fully saturated rings. The van der Waals surface area contributed by atoms with Gasteiger partial charge in [-0.3, -0.25) is 4.79 Å². The number of halogens is 1. The van der Waals surface area contributed by atoms with E-state index in [4.69, 9.17) is 15.2 Å². The van der Waals surface area contributed by atoms with Crippen molar-refractivity contribution in [3.05, 3.63) is 40.3 Å². The van der Waals surface area contributed by atoms with E-state index in [1.165, 1.54) is 11.3 Å². The van der Waals surface area contributed by atoms with E-state index in [9.17, 15) is 4.79 Å². The van der Waals surface area contributed by atoms with Crippen LogP contribution < -0.4 is 20.5 Å².